The summed E-state index contributed by atoms with van der Waals surface area (Å²) in [5.41, 5.74) is 1.52. The highest BCUT2D eigenvalue weighted by Crippen LogP contribution is 2.39. The number of Topliss-reactive ketones (excluding diaryl/α,β-unsaturated/α-hetero) is 1. The molecule has 0 atom stereocenters. The summed E-state index contributed by atoms with van der Waals surface area (Å²) in [4.78, 5) is 27.0. The Balaban J connectivity index is 2.38. The number of carbonyl (C=O) groups is 2. The summed E-state index contributed by atoms with van der Waals surface area (Å²) in [6, 6.07) is 12.9. The van der Waals surface area contributed by atoms with Crippen molar-refractivity contribution in [1.29, 1.82) is 0 Å². The predicted molar refractivity (Wildman–Crippen MR) is 146 cm³/mol. The molecule has 0 saturated heterocycles. The first-order chi connectivity index (χ1) is 18.7. The molecule has 0 aliphatic rings. The molecule has 0 spiro atoms. The number of rotatable bonds is 12. The zero-order valence-corrected chi connectivity index (χ0v) is 23.0. The van der Waals surface area contributed by atoms with Gasteiger partial charge in [-0.3, -0.25) is 4.79 Å². The van der Waals surface area contributed by atoms with E-state index in [2.05, 4.69) is 0 Å². The molecule has 9 nitrogen and oxygen atoms in total. The van der Waals surface area contributed by atoms with Crippen molar-refractivity contribution in [3.8, 4) is 34.5 Å². The number of aryl methyl sites for hydroxylation is 1. The number of aliphatic carboxylic acids is 1. The van der Waals surface area contributed by atoms with E-state index in [4.69, 9.17) is 28.4 Å². The molecule has 0 unspecified atom stereocenters. The van der Waals surface area contributed by atoms with Gasteiger partial charge in [0.05, 0.1) is 48.2 Å². The highest BCUT2D eigenvalue weighted by Gasteiger charge is 2.28. The number of carbonyl (C=O) groups excluding carboxylic acids is 1. The normalized spacial score (nSPS) is 11.3. The number of allylic oxidation sites excluding steroid dienone is 1. The van der Waals surface area contributed by atoms with Gasteiger partial charge in [0, 0.05) is 41.3 Å². The lowest BCUT2D eigenvalue weighted by atomic mass is 9.88. The minimum atomic E-state index is -1.30. The number of methoxy groups -OCH3 is 6. The molecule has 206 valence electrons. The van der Waals surface area contributed by atoms with Crippen LogP contribution in [0.3, 0.4) is 0 Å². The first kappa shape index (κ1) is 28.9. The quantitative estimate of drug-likeness (QED) is 0.252. The van der Waals surface area contributed by atoms with E-state index in [-0.39, 0.29) is 23.1 Å². The van der Waals surface area contributed by atoms with Crippen LogP contribution in [0.4, 0.5) is 0 Å². The van der Waals surface area contributed by atoms with E-state index >= 15 is 0 Å². The van der Waals surface area contributed by atoms with Crippen LogP contribution >= 0.6 is 0 Å². The van der Waals surface area contributed by atoms with Gasteiger partial charge < -0.3 is 33.5 Å². The number of benzene rings is 3. The maximum atomic E-state index is 14.1. The van der Waals surface area contributed by atoms with Gasteiger partial charge in [0.2, 0.25) is 0 Å². The Kier molecular flexibility index (Phi) is 9.43. The molecular formula is C30H32O9. The van der Waals surface area contributed by atoms with Crippen molar-refractivity contribution < 1.29 is 43.1 Å². The number of ether oxygens (including phenoxy) is 6. The molecule has 0 saturated carbocycles. The van der Waals surface area contributed by atoms with Crippen LogP contribution in [0.1, 0.15) is 27.0 Å². The summed E-state index contributed by atoms with van der Waals surface area (Å²) < 4.78 is 32.6. The van der Waals surface area contributed by atoms with Gasteiger partial charge in [-0.1, -0.05) is 0 Å². The summed E-state index contributed by atoms with van der Waals surface area (Å²) in [6.07, 6.45) is -0.124. The van der Waals surface area contributed by atoms with Gasteiger partial charge in [0.15, 0.2) is 5.78 Å². The summed E-state index contributed by atoms with van der Waals surface area (Å²) in [7, 11) is 8.91. The molecule has 0 aromatic heterocycles. The molecule has 0 amide bonds. The molecule has 0 heterocycles. The maximum Gasteiger partial charge on any atom is 0.336 e. The second kappa shape index (κ2) is 12.7. The van der Waals surface area contributed by atoms with Gasteiger partial charge in [-0.25, -0.2) is 4.79 Å². The third-order valence-corrected chi connectivity index (χ3v) is 6.26. The zero-order chi connectivity index (χ0) is 28.7. The van der Waals surface area contributed by atoms with Gasteiger partial charge in [-0.2, -0.15) is 0 Å². The Hall–Kier alpha value is -4.66. The van der Waals surface area contributed by atoms with E-state index in [0.29, 0.717) is 45.6 Å². The lowest BCUT2D eigenvalue weighted by molar-refractivity contribution is -0.130. The fraction of sp³-hybridized carbons (Fsp3) is 0.267. The average Bonchev–Trinajstić information content (AvgIpc) is 2.95. The van der Waals surface area contributed by atoms with Crippen molar-refractivity contribution in [2.45, 2.75) is 13.3 Å². The molecule has 0 aliphatic carbocycles. The van der Waals surface area contributed by atoms with Crippen LogP contribution in [0.2, 0.25) is 0 Å². The molecule has 0 fully saturated rings. The third-order valence-electron chi connectivity index (χ3n) is 6.26. The molecule has 39 heavy (non-hydrogen) atoms. The number of hydrogen-bond donors (Lipinski definition) is 1. The Morgan fingerprint density at radius 2 is 1.15 bits per heavy atom. The molecule has 3 aromatic carbocycles. The van der Waals surface area contributed by atoms with E-state index in [1.165, 1.54) is 42.7 Å². The summed E-state index contributed by atoms with van der Waals surface area (Å²) >= 11 is 0. The predicted octanol–water partition coefficient (Wildman–Crippen LogP) is 5.01. The Morgan fingerprint density at radius 3 is 1.59 bits per heavy atom. The largest absolute Gasteiger partial charge is 0.497 e. The van der Waals surface area contributed by atoms with Crippen LogP contribution in [0, 0.1) is 6.92 Å². The van der Waals surface area contributed by atoms with Gasteiger partial charge >= 0.3 is 5.97 Å². The maximum absolute atomic E-state index is 14.1. The SMILES string of the molecule is COc1cc(OC)cc(/C(C(=O)O)=C(\Cc2c(OC)cc(OC)cc2OC)C(=O)c2ccc(OC)c(C)c2)c1. The van der Waals surface area contributed by atoms with E-state index in [9.17, 15) is 14.7 Å². The molecular weight excluding hydrogens is 504 g/mol. The van der Waals surface area contributed by atoms with Crippen molar-refractivity contribution in [3.05, 3.63) is 76.4 Å². The Morgan fingerprint density at radius 1 is 0.641 bits per heavy atom. The van der Waals surface area contributed by atoms with Crippen molar-refractivity contribution in [3.63, 3.8) is 0 Å². The highest BCUT2D eigenvalue weighted by molar-refractivity contribution is 6.26. The second-order valence-corrected chi connectivity index (χ2v) is 8.46. The lowest BCUT2D eigenvalue weighted by Gasteiger charge is -2.19. The summed E-state index contributed by atoms with van der Waals surface area (Å²) in [6.45, 7) is 1.81. The van der Waals surface area contributed by atoms with Crippen LogP contribution in [0.5, 0.6) is 34.5 Å². The number of ketones is 1. The van der Waals surface area contributed by atoms with Crippen LogP contribution < -0.4 is 28.4 Å². The molecule has 9 heteroatoms. The fourth-order valence-electron chi connectivity index (χ4n) is 4.28. The van der Waals surface area contributed by atoms with Gasteiger partial charge in [0.1, 0.15) is 34.5 Å². The van der Waals surface area contributed by atoms with Gasteiger partial charge in [-0.05, 0) is 48.4 Å². The number of carboxylic acid groups (broad SMARTS) is 1. The first-order valence-corrected chi connectivity index (χ1v) is 11.9. The summed E-state index contributed by atoms with van der Waals surface area (Å²) in [5, 5.41) is 10.5. The van der Waals surface area contributed by atoms with Crippen molar-refractivity contribution >= 4 is 17.3 Å². The van der Waals surface area contributed by atoms with E-state index < -0.39 is 11.8 Å². The monoisotopic (exact) mass is 536 g/mol. The minimum absolute atomic E-state index is 0.00383. The zero-order valence-electron chi connectivity index (χ0n) is 23.0. The third kappa shape index (κ3) is 6.26. The Bertz CT molecular complexity index is 1360. The van der Waals surface area contributed by atoms with Crippen molar-refractivity contribution in [1.82, 2.24) is 0 Å². The topological polar surface area (TPSA) is 110 Å². The molecule has 0 bridgehead atoms. The van der Waals surface area contributed by atoms with E-state index in [1.807, 2.05) is 0 Å². The number of hydrogen-bond acceptors (Lipinski definition) is 8. The molecule has 3 rings (SSSR count). The smallest absolute Gasteiger partial charge is 0.336 e. The van der Waals surface area contributed by atoms with Gasteiger partial charge in [0.25, 0.3) is 0 Å². The lowest BCUT2D eigenvalue weighted by Crippen LogP contribution is -2.15. The fourth-order valence-corrected chi connectivity index (χ4v) is 4.28. The van der Waals surface area contributed by atoms with Crippen LogP contribution in [0.25, 0.3) is 5.57 Å². The Labute approximate surface area is 227 Å². The van der Waals surface area contributed by atoms with E-state index in [1.54, 1.807) is 55.5 Å². The van der Waals surface area contributed by atoms with Crippen LogP contribution in [0.15, 0.2) is 54.1 Å². The molecule has 0 radical (unpaired) electrons. The van der Waals surface area contributed by atoms with Crippen molar-refractivity contribution in [2.75, 3.05) is 42.7 Å². The van der Waals surface area contributed by atoms with Gasteiger partial charge in [-0.15, -0.1) is 0 Å². The average molecular weight is 537 g/mol. The second-order valence-electron chi connectivity index (χ2n) is 8.46. The standard InChI is InChI=1S/C30H32O9/c1-17-10-18(8-9-25(17)37-5)29(31)24(16-23-26(38-6)14-22(36-4)15-27(23)39-7)28(30(32)33)19-11-20(34-2)13-21(12-19)35-3/h8-15H,16H2,1-7H3,(H,32,33)/b28-24-. The summed E-state index contributed by atoms with van der Waals surface area (Å²) in [5.74, 6) is 0.776. The van der Waals surface area contributed by atoms with Crippen molar-refractivity contribution in [2.24, 2.45) is 0 Å². The molecule has 3 aromatic rings. The van der Waals surface area contributed by atoms with Crippen LogP contribution in [-0.4, -0.2) is 59.5 Å². The van der Waals surface area contributed by atoms with Crippen LogP contribution in [-0.2, 0) is 11.2 Å². The van der Waals surface area contributed by atoms with E-state index in [0.717, 1.165) is 5.56 Å². The minimum Gasteiger partial charge on any atom is -0.497 e. The molecule has 1 N–H and O–H groups in total. The highest BCUT2D eigenvalue weighted by atomic mass is 16.5. The molecule has 0 aliphatic heterocycles. The first-order valence-electron chi connectivity index (χ1n) is 11.9. The number of carboxylic acids is 1.